The molecular formula is C15H21NO4. The number of rotatable bonds is 5. The van der Waals surface area contributed by atoms with E-state index in [4.69, 9.17) is 14.6 Å². The largest absolute Gasteiger partial charge is 0.497 e. The Bertz CT molecular complexity index is 432. The highest BCUT2D eigenvalue weighted by Crippen LogP contribution is 2.14. The molecule has 1 amide bonds. The predicted molar refractivity (Wildman–Crippen MR) is 74.7 cm³/mol. The summed E-state index contributed by atoms with van der Waals surface area (Å²) >= 11 is 0. The van der Waals surface area contributed by atoms with Crippen molar-refractivity contribution < 1.29 is 19.4 Å². The molecule has 1 aromatic rings. The van der Waals surface area contributed by atoms with Crippen LogP contribution in [-0.4, -0.2) is 55.4 Å². The van der Waals surface area contributed by atoms with Crippen LogP contribution in [0.15, 0.2) is 24.3 Å². The number of nitrogens with zero attached hydrogens (tertiary/aromatic N) is 1. The zero-order chi connectivity index (χ0) is 14.4. The normalized spacial score (nSPS) is 18.9. The van der Waals surface area contributed by atoms with Crippen molar-refractivity contribution in [1.82, 2.24) is 4.90 Å². The number of ether oxygens (including phenoxy) is 2. The second-order valence-electron chi connectivity index (χ2n) is 4.86. The monoisotopic (exact) mass is 279 g/mol. The number of aliphatic hydroxyl groups is 1. The van der Waals surface area contributed by atoms with Crippen LogP contribution in [0, 0.1) is 0 Å². The van der Waals surface area contributed by atoms with Gasteiger partial charge in [0.1, 0.15) is 5.75 Å². The van der Waals surface area contributed by atoms with Gasteiger partial charge in [0.15, 0.2) is 0 Å². The molecule has 1 heterocycles. The number of carbonyl (C=O) groups is 1. The Kier molecular flexibility index (Phi) is 5.38. The van der Waals surface area contributed by atoms with Crippen LogP contribution in [0.1, 0.15) is 12.0 Å². The minimum absolute atomic E-state index is 0.0394. The molecule has 5 nitrogen and oxygen atoms in total. The van der Waals surface area contributed by atoms with Crippen molar-refractivity contribution in [2.45, 2.75) is 18.9 Å². The second kappa shape index (κ2) is 7.26. The zero-order valence-electron chi connectivity index (χ0n) is 11.7. The van der Waals surface area contributed by atoms with Crippen LogP contribution in [0.2, 0.25) is 0 Å². The van der Waals surface area contributed by atoms with E-state index >= 15 is 0 Å². The quantitative estimate of drug-likeness (QED) is 0.868. The van der Waals surface area contributed by atoms with Crippen molar-refractivity contribution in [2.24, 2.45) is 0 Å². The van der Waals surface area contributed by atoms with E-state index < -0.39 is 0 Å². The molecule has 1 aromatic carbocycles. The first kappa shape index (κ1) is 14.8. The van der Waals surface area contributed by atoms with Gasteiger partial charge in [-0.3, -0.25) is 4.79 Å². The van der Waals surface area contributed by atoms with Gasteiger partial charge in [-0.25, -0.2) is 0 Å². The number of hydrogen-bond donors (Lipinski definition) is 1. The number of benzene rings is 1. The fourth-order valence-electron chi connectivity index (χ4n) is 2.26. The van der Waals surface area contributed by atoms with Crippen molar-refractivity contribution in [3.63, 3.8) is 0 Å². The summed E-state index contributed by atoms with van der Waals surface area (Å²) in [6.07, 6.45) is 0.947. The average Bonchev–Trinajstić information content (AvgIpc) is 2.53. The molecule has 0 radical (unpaired) electrons. The van der Waals surface area contributed by atoms with Gasteiger partial charge in [0, 0.05) is 19.5 Å². The maximum absolute atomic E-state index is 12.1. The Morgan fingerprint density at radius 3 is 2.85 bits per heavy atom. The fraction of sp³-hybridized carbons (Fsp3) is 0.533. The summed E-state index contributed by atoms with van der Waals surface area (Å²) in [4.78, 5) is 13.9. The minimum Gasteiger partial charge on any atom is -0.497 e. The lowest BCUT2D eigenvalue weighted by molar-refractivity contribution is -0.140. The van der Waals surface area contributed by atoms with Gasteiger partial charge in [-0.2, -0.15) is 0 Å². The van der Waals surface area contributed by atoms with Crippen molar-refractivity contribution in [3.8, 4) is 5.75 Å². The highest BCUT2D eigenvalue weighted by atomic mass is 16.5. The number of morpholine rings is 1. The number of amides is 1. The smallest absolute Gasteiger partial charge is 0.223 e. The molecule has 1 N–H and O–H groups in total. The Labute approximate surface area is 119 Å². The van der Waals surface area contributed by atoms with E-state index in [1.807, 2.05) is 24.3 Å². The lowest BCUT2D eigenvalue weighted by atomic mass is 10.1. The van der Waals surface area contributed by atoms with Crippen LogP contribution >= 0.6 is 0 Å². The van der Waals surface area contributed by atoms with Crippen LogP contribution in [0.3, 0.4) is 0 Å². The van der Waals surface area contributed by atoms with Crippen LogP contribution in [0.5, 0.6) is 5.75 Å². The van der Waals surface area contributed by atoms with Crippen molar-refractivity contribution in [3.05, 3.63) is 29.8 Å². The molecule has 1 unspecified atom stereocenters. The van der Waals surface area contributed by atoms with Crippen molar-refractivity contribution in [1.29, 1.82) is 0 Å². The van der Waals surface area contributed by atoms with Crippen LogP contribution in [0.4, 0.5) is 0 Å². The second-order valence-corrected chi connectivity index (χ2v) is 4.86. The molecule has 110 valence electrons. The molecule has 20 heavy (non-hydrogen) atoms. The predicted octanol–water partition coefficient (Wildman–Crippen LogP) is 0.847. The summed E-state index contributed by atoms with van der Waals surface area (Å²) in [7, 11) is 1.63. The van der Waals surface area contributed by atoms with E-state index in [1.54, 1.807) is 12.0 Å². The lowest BCUT2D eigenvalue weighted by Crippen LogP contribution is -2.46. The molecule has 0 spiro atoms. The topological polar surface area (TPSA) is 59.0 Å². The first-order valence-corrected chi connectivity index (χ1v) is 6.86. The summed E-state index contributed by atoms with van der Waals surface area (Å²) in [5.41, 5.74) is 1.12. The van der Waals surface area contributed by atoms with E-state index in [-0.39, 0.29) is 18.6 Å². The molecule has 0 bridgehead atoms. The highest BCUT2D eigenvalue weighted by molar-refractivity contribution is 5.76. The van der Waals surface area contributed by atoms with E-state index in [1.165, 1.54) is 0 Å². The van der Waals surface area contributed by atoms with Crippen molar-refractivity contribution in [2.75, 3.05) is 33.4 Å². The molecule has 2 rings (SSSR count). The number of hydrogen-bond acceptors (Lipinski definition) is 4. The Morgan fingerprint density at radius 2 is 2.20 bits per heavy atom. The minimum atomic E-state index is -0.242. The maximum Gasteiger partial charge on any atom is 0.223 e. The first-order chi connectivity index (χ1) is 9.72. The Balaban J connectivity index is 1.81. The maximum atomic E-state index is 12.1. The molecule has 5 heteroatoms. The number of aliphatic hydroxyl groups excluding tert-OH is 1. The van der Waals surface area contributed by atoms with Gasteiger partial charge in [0.25, 0.3) is 0 Å². The van der Waals surface area contributed by atoms with Gasteiger partial charge < -0.3 is 19.5 Å². The standard InChI is InChI=1S/C15H21NO4/c1-19-13-5-2-12(3-6-13)4-7-15(18)16-8-9-20-14(10-16)11-17/h2-3,5-6,14,17H,4,7-11H2,1H3. The van der Waals surface area contributed by atoms with Gasteiger partial charge in [-0.1, -0.05) is 12.1 Å². The molecule has 0 aliphatic carbocycles. The van der Waals surface area contributed by atoms with Crippen LogP contribution in [0.25, 0.3) is 0 Å². The third-order valence-corrected chi connectivity index (χ3v) is 3.48. The molecule has 1 saturated heterocycles. The van der Waals surface area contributed by atoms with E-state index in [2.05, 4.69) is 0 Å². The molecular weight excluding hydrogens is 258 g/mol. The Morgan fingerprint density at radius 1 is 1.45 bits per heavy atom. The summed E-state index contributed by atoms with van der Waals surface area (Å²) in [5.74, 6) is 0.932. The third-order valence-electron chi connectivity index (χ3n) is 3.48. The third kappa shape index (κ3) is 3.95. The van der Waals surface area contributed by atoms with Gasteiger partial charge in [-0.05, 0) is 24.1 Å². The molecule has 0 saturated carbocycles. The number of carbonyl (C=O) groups excluding carboxylic acids is 1. The molecule has 1 aliphatic heterocycles. The zero-order valence-corrected chi connectivity index (χ0v) is 11.7. The molecule has 1 aliphatic rings. The average molecular weight is 279 g/mol. The first-order valence-electron chi connectivity index (χ1n) is 6.86. The summed E-state index contributed by atoms with van der Waals surface area (Å²) in [6, 6.07) is 7.75. The van der Waals surface area contributed by atoms with E-state index in [9.17, 15) is 4.79 Å². The summed E-state index contributed by atoms with van der Waals surface area (Å²) < 4.78 is 10.4. The summed E-state index contributed by atoms with van der Waals surface area (Å²) in [5, 5.41) is 9.07. The van der Waals surface area contributed by atoms with Crippen LogP contribution < -0.4 is 4.74 Å². The summed E-state index contributed by atoms with van der Waals surface area (Å²) in [6.45, 7) is 1.55. The van der Waals surface area contributed by atoms with E-state index in [0.717, 1.165) is 11.3 Å². The van der Waals surface area contributed by atoms with E-state index in [0.29, 0.717) is 32.5 Å². The van der Waals surface area contributed by atoms with Crippen molar-refractivity contribution >= 4 is 5.91 Å². The highest BCUT2D eigenvalue weighted by Gasteiger charge is 2.23. The molecule has 1 fully saturated rings. The van der Waals surface area contributed by atoms with Gasteiger partial charge in [0.2, 0.25) is 5.91 Å². The Hall–Kier alpha value is -1.59. The van der Waals surface area contributed by atoms with Gasteiger partial charge >= 0.3 is 0 Å². The number of aryl methyl sites for hydroxylation is 1. The molecule has 0 aromatic heterocycles. The van der Waals surface area contributed by atoms with Crippen LogP contribution in [-0.2, 0) is 16.0 Å². The fourth-order valence-corrected chi connectivity index (χ4v) is 2.26. The van der Waals surface area contributed by atoms with Gasteiger partial charge in [-0.15, -0.1) is 0 Å². The SMILES string of the molecule is COc1ccc(CCC(=O)N2CCOC(CO)C2)cc1. The number of methoxy groups -OCH3 is 1. The lowest BCUT2D eigenvalue weighted by Gasteiger charge is -2.32. The van der Waals surface area contributed by atoms with Gasteiger partial charge in [0.05, 0.1) is 26.4 Å². The molecule has 1 atom stereocenters.